The zero-order chi connectivity index (χ0) is 12.6. The summed E-state index contributed by atoms with van der Waals surface area (Å²) in [5.41, 5.74) is 1.28. The molecule has 0 aliphatic carbocycles. The van der Waals surface area contributed by atoms with Crippen molar-refractivity contribution in [1.82, 2.24) is 0 Å². The van der Waals surface area contributed by atoms with Gasteiger partial charge in [0, 0.05) is 10.0 Å². The monoisotopic (exact) mass is 464 g/mol. The van der Waals surface area contributed by atoms with Crippen LogP contribution in [-0.2, 0) is 0 Å². The minimum absolute atomic E-state index is 0.359. The summed E-state index contributed by atoms with van der Waals surface area (Å²) < 4.78 is 15.5. The molecule has 0 nitrogen and oxygen atoms in total. The van der Waals surface area contributed by atoms with E-state index in [4.69, 9.17) is 23.2 Å². The Labute approximate surface area is 134 Å². The molecule has 0 radical (unpaired) electrons. The minimum Gasteiger partial charge on any atom is -0.207 e. The Morgan fingerprint density at radius 2 is 2.06 bits per heavy atom. The maximum atomic E-state index is 13.8. The van der Waals surface area contributed by atoms with Gasteiger partial charge in [0.25, 0.3) is 0 Å². The topological polar surface area (TPSA) is 0 Å². The maximum absolute atomic E-state index is 13.8. The maximum Gasteiger partial charge on any atom is 0.129 e. The van der Waals surface area contributed by atoms with Crippen LogP contribution in [0.5, 0.6) is 0 Å². The summed E-state index contributed by atoms with van der Waals surface area (Å²) in [5, 5.41) is 1.87. The van der Waals surface area contributed by atoms with Crippen LogP contribution < -0.4 is 0 Å². The summed E-state index contributed by atoms with van der Waals surface area (Å²) in [6, 6.07) is 4.84. The van der Waals surface area contributed by atoms with Crippen LogP contribution in [0.25, 0.3) is 0 Å². The number of halogens is 5. The van der Waals surface area contributed by atoms with Gasteiger partial charge in [-0.15, -0.1) is 22.9 Å². The SMILES string of the molecule is Fc1cc(Br)c(Cl)cc1C(Cl)c1csc(I)c1. The molecule has 17 heavy (non-hydrogen) atoms. The summed E-state index contributed by atoms with van der Waals surface area (Å²) >= 11 is 19.2. The highest BCUT2D eigenvalue weighted by atomic mass is 127. The van der Waals surface area contributed by atoms with Crippen molar-refractivity contribution in [3.8, 4) is 0 Å². The van der Waals surface area contributed by atoms with Crippen LogP contribution in [0.4, 0.5) is 4.39 Å². The standard InChI is InChI=1S/C11H5BrCl2FIS/c12-7-3-9(15)6(2-8(7)13)11(14)5-1-10(16)17-4-5/h1-4,11H. The number of hydrogen-bond donors (Lipinski definition) is 0. The van der Waals surface area contributed by atoms with Crippen LogP contribution in [0.15, 0.2) is 28.1 Å². The molecular formula is C11H5BrCl2FIS. The van der Waals surface area contributed by atoms with E-state index < -0.39 is 5.38 Å². The summed E-state index contributed by atoms with van der Waals surface area (Å²) in [4.78, 5) is 0. The van der Waals surface area contributed by atoms with Gasteiger partial charge in [0.1, 0.15) is 5.82 Å². The first kappa shape index (κ1) is 14.1. The normalized spacial score (nSPS) is 12.8. The van der Waals surface area contributed by atoms with Gasteiger partial charge in [-0.25, -0.2) is 4.39 Å². The van der Waals surface area contributed by atoms with Crippen molar-refractivity contribution >= 4 is 73.1 Å². The zero-order valence-corrected chi connectivity index (χ0v) is 14.3. The molecule has 0 bridgehead atoms. The number of hydrogen-bond acceptors (Lipinski definition) is 1. The smallest absolute Gasteiger partial charge is 0.129 e. The van der Waals surface area contributed by atoms with Gasteiger partial charge in [0.05, 0.1) is 13.3 Å². The molecule has 0 aliphatic rings. The Morgan fingerprint density at radius 1 is 1.35 bits per heavy atom. The third-order valence-corrected chi connectivity index (χ3v) is 5.68. The molecule has 6 heteroatoms. The zero-order valence-electron chi connectivity index (χ0n) is 8.18. The fourth-order valence-electron chi connectivity index (χ4n) is 1.37. The van der Waals surface area contributed by atoms with E-state index in [9.17, 15) is 4.39 Å². The predicted octanol–water partition coefficient (Wildman–Crippen LogP) is 6.24. The van der Waals surface area contributed by atoms with E-state index in [-0.39, 0.29) is 5.82 Å². The fourth-order valence-corrected chi connectivity index (χ4v) is 3.62. The fraction of sp³-hybridized carbons (Fsp3) is 0.0909. The van der Waals surface area contributed by atoms with Crippen molar-refractivity contribution in [3.05, 3.63) is 52.9 Å². The van der Waals surface area contributed by atoms with Gasteiger partial charge in [-0.3, -0.25) is 0 Å². The van der Waals surface area contributed by atoms with Gasteiger partial charge in [0.2, 0.25) is 0 Å². The lowest BCUT2D eigenvalue weighted by atomic mass is 10.1. The van der Waals surface area contributed by atoms with Crippen LogP contribution in [0, 0.1) is 8.70 Å². The molecule has 90 valence electrons. The lowest BCUT2D eigenvalue weighted by Crippen LogP contribution is -1.96. The van der Waals surface area contributed by atoms with E-state index in [0.717, 1.165) is 8.45 Å². The first-order valence-electron chi connectivity index (χ1n) is 4.51. The molecule has 0 fully saturated rings. The molecule has 0 N–H and O–H groups in total. The van der Waals surface area contributed by atoms with Crippen LogP contribution in [0.3, 0.4) is 0 Å². The molecule has 1 aromatic carbocycles. The first-order valence-corrected chi connectivity index (χ1v) is 8.08. The highest BCUT2D eigenvalue weighted by Crippen LogP contribution is 2.36. The summed E-state index contributed by atoms with van der Waals surface area (Å²) in [7, 11) is 0. The van der Waals surface area contributed by atoms with Gasteiger partial charge in [-0.1, -0.05) is 11.6 Å². The van der Waals surface area contributed by atoms with Crippen LogP contribution in [-0.4, -0.2) is 0 Å². The Bertz CT molecular complexity index is 558. The molecule has 1 aromatic heterocycles. The Kier molecular flexibility index (Phi) is 4.74. The number of rotatable bonds is 2. The second kappa shape index (κ2) is 5.74. The summed E-state index contributed by atoms with van der Waals surface area (Å²) in [6.07, 6.45) is 0. The molecule has 2 aromatic rings. The number of thiophene rings is 1. The molecule has 1 heterocycles. The molecule has 1 atom stereocenters. The van der Waals surface area contributed by atoms with E-state index in [1.54, 1.807) is 17.4 Å². The molecule has 0 aliphatic heterocycles. The lowest BCUT2D eigenvalue weighted by molar-refractivity contribution is 0.611. The van der Waals surface area contributed by atoms with Gasteiger partial charge in [-0.05, 0) is 67.7 Å². The molecule has 0 saturated heterocycles. The van der Waals surface area contributed by atoms with Crippen molar-refractivity contribution in [3.63, 3.8) is 0 Å². The van der Waals surface area contributed by atoms with Crippen molar-refractivity contribution < 1.29 is 4.39 Å². The first-order chi connectivity index (χ1) is 7.99. The Hall–Kier alpha value is 0.640. The van der Waals surface area contributed by atoms with Crippen LogP contribution in [0.1, 0.15) is 16.5 Å². The molecule has 0 spiro atoms. The van der Waals surface area contributed by atoms with Crippen LogP contribution >= 0.6 is 73.1 Å². The van der Waals surface area contributed by atoms with Crippen LogP contribution in [0.2, 0.25) is 5.02 Å². The minimum atomic E-state index is -0.514. The Balaban J connectivity index is 2.43. The molecular weight excluding hydrogens is 461 g/mol. The van der Waals surface area contributed by atoms with Gasteiger partial charge >= 0.3 is 0 Å². The largest absolute Gasteiger partial charge is 0.207 e. The quantitative estimate of drug-likeness (QED) is 0.280. The van der Waals surface area contributed by atoms with E-state index in [1.807, 2.05) is 11.4 Å². The molecule has 0 saturated carbocycles. The molecule has 0 amide bonds. The number of alkyl halides is 1. The van der Waals surface area contributed by atoms with Crippen molar-refractivity contribution in [2.24, 2.45) is 0 Å². The van der Waals surface area contributed by atoms with E-state index >= 15 is 0 Å². The number of benzene rings is 1. The average molecular weight is 466 g/mol. The highest BCUT2D eigenvalue weighted by molar-refractivity contribution is 14.1. The second-order valence-corrected chi connectivity index (χ2v) is 7.84. The lowest BCUT2D eigenvalue weighted by Gasteiger charge is -2.10. The van der Waals surface area contributed by atoms with Crippen molar-refractivity contribution in [2.75, 3.05) is 0 Å². The third kappa shape index (κ3) is 3.15. The van der Waals surface area contributed by atoms with E-state index in [0.29, 0.717) is 15.1 Å². The second-order valence-electron chi connectivity index (χ2n) is 3.33. The highest BCUT2D eigenvalue weighted by Gasteiger charge is 2.18. The van der Waals surface area contributed by atoms with Crippen molar-refractivity contribution in [2.45, 2.75) is 5.38 Å². The molecule has 1 unspecified atom stereocenters. The average Bonchev–Trinajstić information content (AvgIpc) is 2.69. The predicted molar refractivity (Wildman–Crippen MR) is 83.8 cm³/mol. The van der Waals surface area contributed by atoms with Gasteiger partial charge < -0.3 is 0 Å². The summed E-state index contributed by atoms with van der Waals surface area (Å²) in [6.45, 7) is 0. The van der Waals surface area contributed by atoms with Gasteiger partial charge in [-0.2, -0.15) is 0 Å². The molecule has 2 rings (SSSR count). The Morgan fingerprint density at radius 3 is 2.65 bits per heavy atom. The third-order valence-electron chi connectivity index (χ3n) is 2.19. The van der Waals surface area contributed by atoms with Crippen molar-refractivity contribution in [1.29, 1.82) is 0 Å². The van der Waals surface area contributed by atoms with E-state index in [1.165, 1.54) is 6.07 Å². The van der Waals surface area contributed by atoms with E-state index in [2.05, 4.69) is 38.5 Å². The van der Waals surface area contributed by atoms with Gasteiger partial charge in [0.15, 0.2) is 0 Å². The summed E-state index contributed by atoms with van der Waals surface area (Å²) in [5.74, 6) is -0.359.